The topological polar surface area (TPSA) is 41.6 Å². The first-order valence-electron chi connectivity index (χ1n) is 7.55. The summed E-state index contributed by atoms with van der Waals surface area (Å²) >= 11 is 0. The highest BCUT2D eigenvalue weighted by molar-refractivity contribution is 5.81. The van der Waals surface area contributed by atoms with Crippen LogP contribution in [0.1, 0.15) is 38.4 Å². The molecule has 114 valence electrons. The first-order chi connectivity index (χ1) is 10.2. The number of rotatable bonds is 7. The fourth-order valence-corrected chi connectivity index (χ4v) is 2.75. The molecule has 1 aromatic rings. The molecule has 1 amide bonds. The Labute approximate surface area is 126 Å². The van der Waals surface area contributed by atoms with Crippen molar-refractivity contribution in [1.82, 2.24) is 10.2 Å². The first kappa shape index (κ1) is 15.6. The van der Waals surface area contributed by atoms with Gasteiger partial charge in [-0.1, -0.05) is 38.1 Å². The Morgan fingerprint density at radius 1 is 1.48 bits per heavy atom. The van der Waals surface area contributed by atoms with Gasteiger partial charge in [0.25, 0.3) is 0 Å². The molecule has 1 aromatic carbocycles. The third-order valence-corrected chi connectivity index (χ3v) is 3.76. The predicted molar refractivity (Wildman–Crippen MR) is 84.1 cm³/mol. The highest BCUT2D eigenvalue weighted by Crippen LogP contribution is 2.27. The van der Waals surface area contributed by atoms with Crippen LogP contribution in [0.5, 0.6) is 5.75 Å². The molecule has 0 bridgehead atoms. The average Bonchev–Trinajstić information content (AvgIpc) is 2.88. The van der Waals surface area contributed by atoms with Crippen LogP contribution >= 0.6 is 0 Å². The van der Waals surface area contributed by atoms with E-state index in [1.807, 2.05) is 29.2 Å². The lowest BCUT2D eigenvalue weighted by molar-refractivity contribution is -0.130. The SMILES string of the molecule is C=CCOc1ccc(C2NCC(=O)N2C(C)CCC)cc1. The van der Waals surface area contributed by atoms with Crippen molar-refractivity contribution in [2.75, 3.05) is 13.2 Å². The quantitative estimate of drug-likeness (QED) is 0.784. The van der Waals surface area contributed by atoms with Gasteiger partial charge in [0, 0.05) is 6.04 Å². The van der Waals surface area contributed by atoms with Crippen LogP contribution in [0, 0.1) is 0 Å². The van der Waals surface area contributed by atoms with Crippen LogP contribution in [0.25, 0.3) is 0 Å². The van der Waals surface area contributed by atoms with Crippen molar-refractivity contribution in [2.24, 2.45) is 0 Å². The van der Waals surface area contributed by atoms with Crippen LogP contribution in [-0.4, -0.2) is 30.0 Å². The summed E-state index contributed by atoms with van der Waals surface area (Å²) in [7, 11) is 0. The predicted octanol–water partition coefficient (Wildman–Crippen LogP) is 2.87. The molecule has 1 fully saturated rings. The third-order valence-electron chi connectivity index (χ3n) is 3.76. The Balaban J connectivity index is 2.11. The maximum absolute atomic E-state index is 12.1. The summed E-state index contributed by atoms with van der Waals surface area (Å²) in [6, 6.07) is 8.15. The molecule has 0 aromatic heterocycles. The van der Waals surface area contributed by atoms with E-state index >= 15 is 0 Å². The van der Waals surface area contributed by atoms with Gasteiger partial charge in [0.05, 0.1) is 6.54 Å². The number of ether oxygens (including phenoxy) is 1. The highest BCUT2D eigenvalue weighted by atomic mass is 16.5. The fourth-order valence-electron chi connectivity index (χ4n) is 2.75. The van der Waals surface area contributed by atoms with Gasteiger partial charge in [-0.2, -0.15) is 0 Å². The Hall–Kier alpha value is -1.81. The van der Waals surface area contributed by atoms with Crippen molar-refractivity contribution in [2.45, 2.75) is 38.9 Å². The molecule has 0 saturated carbocycles. The molecule has 1 aliphatic rings. The van der Waals surface area contributed by atoms with Gasteiger partial charge < -0.3 is 9.64 Å². The number of nitrogens with zero attached hydrogens (tertiary/aromatic N) is 1. The van der Waals surface area contributed by atoms with Crippen LogP contribution in [0.2, 0.25) is 0 Å². The molecule has 1 saturated heterocycles. The number of hydrogen-bond donors (Lipinski definition) is 1. The van der Waals surface area contributed by atoms with Gasteiger partial charge in [-0.15, -0.1) is 0 Å². The van der Waals surface area contributed by atoms with Crippen LogP contribution in [0.4, 0.5) is 0 Å². The number of hydrogen-bond acceptors (Lipinski definition) is 3. The van der Waals surface area contributed by atoms with Crippen molar-refractivity contribution in [3.63, 3.8) is 0 Å². The van der Waals surface area contributed by atoms with Crippen LogP contribution < -0.4 is 10.1 Å². The van der Waals surface area contributed by atoms with Gasteiger partial charge in [-0.3, -0.25) is 10.1 Å². The van der Waals surface area contributed by atoms with Crippen molar-refractivity contribution < 1.29 is 9.53 Å². The van der Waals surface area contributed by atoms with Crippen LogP contribution in [-0.2, 0) is 4.79 Å². The van der Waals surface area contributed by atoms with E-state index in [0.717, 1.165) is 24.2 Å². The summed E-state index contributed by atoms with van der Waals surface area (Å²) in [6.07, 6.45) is 3.78. The second kappa shape index (κ2) is 7.27. The summed E-state index contributed by atoms with van der Waals surface area (Å²) in [5, 5.41) is 3.29. The molecule has 21 heavy (non-hydrogen) atoms. The fraction of sp³-hybridized carbons (Fsp3) is 0.471. The first-order valence-corrected chi connectivity index (χ1v) is 7.55. The zero-order valence-electron chi connectivity index (χ0n) is 12.8. The number of carbonyl (C=O) groups excluding carboxylic acids is 1. The number of carbonyl (C=O) groups is 1. The van der Waals surface area contributed by atoms with Gasteiger partial charge in [0.15, 0.2) is 0 Å². The average molecular weight is 288 g/mol. The molecule has 0 radical (unpaired) electrons. The molecule has 2 rings (SSSR count). The summed E-state index contributed by atoms with van der Waals surface area (Å²) in [6.45, 7) is 8.80. The molecule has 2 atom stereocenters. The Morgan fingerprint density at radius 3 is 2.81 bits per heavy atom. The lowest BCUT2D eigenvalue weighted by Crippen LogP contribution is -2.37. The van der Waals surface area contributed by atoms with E-state index in [4.69, 9.17) is 4.74 Å². The Bertz CT molecular complexity index is 484. The molecule has 2 unspecified atom stereocenters. The monoisotopic (exact) mass is 288 g/mol. The van der Waals surface area contributed by atoms with E-state index in [9.17, 15) is 4.79 Å². The summed E-state index contributed by atoms with van der Waals surface area (Å²) in [5.41, 5.74) is 1.09. The summed E-state index contributed by atoms with van der Waals surface area (Å²) in [5.74, 6) is 0.990. The Kier molecular flexibility index (Phi) is 5.39. The van der Waals surface area contributed by atoms with Gasteiger partial charge >= 0.3 is 0 Å². The van der Waals surface area contributed by atoms with E-state index in [0.29, 0.717) is 13.2 Å². The van der Waals surface area contributed by atoms with E-state index in [-0.39, 0.29) is 18.1 Å². The summed E-state index contributed by atoms with van der Waals surface area (Å²) < 4.78 is 5.49. The zero-order valence-corrected chi connectivity index (χ0v) is 12.8. The summed E-state index contributed by atoms with van der Waals surface area (Å²) in [4.78, 5) is 14.1. The van der Waals surface area contributed by atoms with Crippen molar-refractivity contribution in [3.05, 3.63) is 42.5 Å². The molecule has 1 aliphatic heterocycles. The van der Waals surface area contributed by atoms with Gasteiger partial charge in [-0.25, -0.2) is 0 Å². The van der Waals surface area contributed by atoms with E-state index in [1.165, 1.54) is 0 Å². The molecule has 1 heterocycles. The highest BCUT2D eigenvalue weighted by Gasteiger charge is 2.34. The van der Waals surface area contributed by atoms with Crippen molar-refractivity contribution in [3.8, 4) is 5.75 Å². The van der Waals surface area contributed by atoms with Gasteiger partial charge in [0.1, 0.15) is 18.5 Å². The minimum absolute atomic E-state index is 0.0347. The second-order valence-corrected chi connectivity index (χ2v) is 5.39. The second-order valence-electron chi connectivity index (χ2n) is 5.39. The molecule has 1 N–H and O–H groups in total. The lowest BCUT2D eigenvalue weighted by Gasteiger charge is -2.30. The number of amides is 1. The third kappa shape index (κ3) is 3.64. The van der Waals surface area contributed by atoms with E-state index in [2.05, 4.69) is 25.7 Å². The smallest absolute Gasteiger partial charge is 0.238 e. The Morgan fingerprint density at radius 2 is 2.19 bits per heavy atom. The molecule has 0 spiro atoms. The minimum atomic E-state index is -0.0347. The maximum Gasteiger partial charge on any atom is 0.238 e. The molecular weight excluding hydrogens is 264 g/mol. The van der Waals surface area contributed by atoms with Crippen molar-refractivity contribution >= 4 is 5.91 Å². The largest absolute Gasteiger partial charge is 0.490 e. The standard InChI is InChI=1S/C17H24N2O2/c1-4-6-13(3)19-16(20)12-18-17(19)14-7-9-15(10-8-14)21-11-5-2/h5,7-10,13,17-18H,2,4,6,11-12H2,1,3H3. The molecule has 4 heteroatoms. The maximum atomic E-state index is 12.1. The minimum Gasteiger partial charge on any atom is -0.490 e. The van der Waals surface area contributed by atoms with Crippen LogP contribution in [0.3, 0.4) is 0 Å². The van der Waals surface area contributed by atoms with Gasteiger partial charge in [0.2, 0.25) is 5.91 Å². The van der Waals surface area contributed by atoms with Crippen molar-refractivity contribution in [1.29, 1.82) is 0 Å². The molecule has 0 aliphatic carbocycles. The zero-order chi connectivity index (χ0) is 15.2. The number of nitrogens with one attached hydrogen (secondary N) is 1. The number of benzene rings is 1. The molecule has 4 nitrogen and oxygen atoms in total. The van der Waals surface area contributed by atoms with Gasteiger partial charge in [-0.05, 0) is 31.0 Å². The molecular formula is C17H24N2O2. The lowest BCUT2D eigenvalue weighted by atomic mass is 10.1. The van der Waals surface area contributed by atoms with E-state index in [1.54, 1.807) is 6.08 Å². The normalized spacial score (nSPS) is 19.6. The van der Waals surface area contributed by atoms with E-state index < -0.39 is 0 Å². The van der Waals surface area contributed by atoms with Crippen LogP contribution in [0.15, 0.2) is 36.9 Å².